The fourth-order valence-corrected chi connectivity index (χ4v) is 1.78. The van der Waals surface area contributed by atoms with Crippen LogP contribution in [0, 0.1) is 0 Å². The van der Waals surface area contributed by atoms with E-state index in [0.29, 0.717) is 0 Å². The van der Waals surface area contributed by atoms with Gasteiger partial charge in [0.1, 0.15) is 11.0 Å². The average Bonchev–Trinajstić information content (AvgIpc) is 2.15. The van der Waals surface area contributed by atoms with Crippen molar-refractivity contribution < 1.29 is 17.9 Å². The molecule has 0 bridgehead atoms. The van der Waals surface area contributed by atoms with Crippen LogP contribution in [0.25, 0.3) is 0 Å². The van der Waals surface area contributed by atoms with Gasteiger partial charge in [0.2, 0.25) is 0 Å². The molecule has 0 saturated heterocycles. The minimum Gasteiger partial charge on any atom is -0.449 e. The monoisotopic (exact) mass is 279 g/mol. The molecule has 94 valence electrons. The minimum absolute atomic E-state index is 0.00528. The lowest BCUT2D eigenvalue weighted by Gasteiger charge is -2.08. The summed E-state index contributed by atoms with van der Waals surface area (Å²) < 4.78 is 30.9. The summed E-state index contributed by atoms with van der Waals surface area (Å²) in [5, 5.41) is 0.126. The number of carbonyl (C=O) groups excluding carboxylic acids is 1. The molecule has 0 spiro atoms. The molecule has 0 fully saturated rings. The summed E-state index contributed by atoms with van der Waals surface area (Å²) in [6.07, 6.45) is -1.07. The molecule has 0 aliphatic carbocycles. The number of halogens is 1. The molecule has 0 atom stereocenters. The number of carbonyl (C=O) groups is 1. The van der Waals surface area contributed by atoms with Crippen molar-refractivity contribution in [2.45, 2.75) is 6.92 Å². The van der Waals surface area contributed by atoms with E-state index in [2.05, 4.69) is 9.72 Å². The fraction of sp³-hybridized carbons (Fsp3) is 0.250. The van der Waals surface area contributed by atoms with Gasteiger partial charge in [-0.1, -0.05) is 17.7 Å². The first-order chi connectivity index (χ1) is 7.93. The van der Waals surface area contributed by atoms with E-state index in [-0.39, 0.29) is 17.6 Å². The maximum atomic E-state index is 11.4. The van der Waals surface area contributed by atoms with Gasteiger partial charge in [0.15, 0.2) is 0 Å². The van der Waals surface area contributed by atoms with Crippen molar-refractivity contribution >= 4 is 33.7 Å². The van der Waals surface area contributed by atoms with Crippen molar-refractivity contribution in [2.24, 2.45) is 0 Å². The number of pyridine rings is 1. The highest BCUT2D eigenvalue weighted by Crippen LogP contribution is 2.09. The van der Waals surface area contributed by atoms with Crippen LogP contribution >= 0.6 is 11.6 Å². The zero-order valence-corrected chi connectivity index (χ0v) is 10.4. The van der Waals surface area contributed by atoms with Crippen LogP contribution in [0.1, 0.15) is 6.92 Å². The number of rotatable bonds is 4. The van der Waals surface area contributed by atoms with E-state index in [4.69, 9.17) is 11.6 Å². The number of aromatic nitrogens is 1. The van der Waals surface area contributed by atoms with Gasteiger partial charge in [-0.15, -0.1) is 0 Å². The Balaban J connectivity index is 2.70. The summed E-state index contributed by atoms with van der Waals surface area (Å²) in [6.45, 7) is 1.62. The predicted molar refractivity (Wildman–Crippen MR) is 61.9 cm³/mol. The Morgan fingerprint density at radius 1 is 1.53 bits per heavy atom. The molecular formula is C8H10ClN3O4S. The molecular weight excluding hydrogens is 270 g/mol. The van der Waals surface area contributed by atoms with Gasteiger partial charge in [-0.25, -0.2) is 19.2 Å². The van der Waals surface area contributed by atoms with Gasteiger partial charge >= 0.3 is 16.3 Å². The molecule has 1 heterocycles. The zero-order valence-electron chi connectivity index (χ0n) is 8.81. The summed E-state index contributed by atoms with van der Waals surface area (Å²) in [4.78, 5) is 14.6. The molecule has 0 aliphatic heterocycles. The summed E-state index contributed by atoms with van der Waals surface area (Å²) in [5.41, 5.74) is 0. The Morgan fingerprint density at radius 2 is 2.24 bits per heavy atom. The van der Waals surface area contributed by atoms with E-state index in [0.717, 1.165) is 0 Å². The standard InChI is InChI=1S/C8H10ClN3O4S/c1-2-16-8(13)12-17(14,15)11-7-5-3-4-6(9)10-7/h3-5H,2H2,1H3,(H,10,11)(H,12,13). The first-order valence-electron chi connectivity index (χ1n) is 4.53. The summed E-state index contributed by atoms with van der Waals surface area (Å²) in [7, 11) is -4.07. The van der Waals surface area contributed by atoms with Crippen LogP contribution in [-0.2, 0) is 14.9 Å². The zero-order chi connectivity index (χ0) is 12.9. The van der Waals surface area contributed by atoms with Gasteiger partial charge in [0.05, 0.1) is 6.61 Å². The van der Waals surface area contributed by atoms with E-state index in [1.807, 2.05) is 4.72 Å². The third-order valence-corrected chi connectivity index (χ3v) is 2.57. The lowest BCUT2D eigenvalue weighted by Crippen LogP contribution is -2.35. The Morgan fingerprint density at radius 3 is 2.82 bits per heavy atom. The van der Waals surface area contributed by atoms with Crippen LogP contribution in [0.4, 0.5) is 10.6 Å². The second-order valence-corrected chi connectivity index (χ2v) is 4.58. The second kappa shape index (κ2) is 5.69. The summed E-state index contributed by atoms with van der Waals surface area (Å²) in [5.74, 6) is -0.00528. The molecule has 1 amide bonds. The predicted octanol–water partition coefficient (Wildman–Crippen LogP) is 1.14. The highest BCUT2D eigenvalue weighted by Gasteiger charge is 2.15. The average molecular weight is 280 g/mol. The van der Waals surface area contributed by atoms with E-state index < -0.39 is 16.3 Å². The van der Waals surface area contributed by atoms with Crippen LogP contribution in [-0.4, -0.2) is 26.1 Å². The molecule has 1 aromatic rings. The van der Waals surface area contributed by atoms with Crippen molar-refractivity contribution in [2.75, 3.05) is 11.3 Å². The van der Waals surface area contributed by atoms with E-state index in [1.165, 1.54) is 18.2 Å². The van der Waals surface area contributed by atoms with Gasteiger partial charge in [-0.3, -0.25) is 0 Å². The maximum Gasteiger partial charge on any atom is 0.422 e. The Labute approximate surface area is 103 Å². The molecule has 0 aliphatic rings. The topological polar surface area (TPSA) is 97.4 Å². The molecule has 1 aromatic heterocycles. The van der Waals surface area contributed by atoms with Gasteiger partial charge in [0, 0.05) is 0 Å². The van der Waals surface area contributed by atoms with Crippen LogP contribution in [0.5, 0.6) is 0 Å². The van der Waals surface area contributed by atoms with Crippen LogP contribution in [0.15, 0.2) is 18.2 Å². The Bertz CT molecular complexity index is 505. The third kappa shape index (κ3) is 4.87. The number of anilines is 1. The normalized spacial score (nSPS) is 10.7. The summed E-state index contributed by atoms with van der Waals surface area (Å²) >= 11 is 5.57. The molecule has 7 nitrogen and oxygen atoms in total. The number of hydrogen-bond acceptors (Lipinski definition) is 5. The SMILES string of the molecule is CCOC(=O)NS(=O)(=O)Nc1cccc(Cl)n1. The van der Waals surface area contributed by atoms with Crippen LogP contribution in [0.2, 0.25) is 5.15 Å². The Kier molecular flexibility index (Phi) is 4.53. The van der Waals surface area contributed by atoms with Crippen molar-refractivity contribution in [1.82, 2.24) is 9.71 Å². The highest BCUT2D eigenvalue weighted by atomic mass is 35.5. The molecule has 2 N–H and O–H groups in total. The van der Waals surface area contributed by atoms with Crippen LogP contribution < -0.4 is 9.44 Å². The van der Waals surface area contributed by atoms with E-state index in [9.17, 15) is 13.2 Å². The van der Waals surface area contributed by atoms with Crippen LogP contribution in [0.3, 0.4) is 0 Å². The van der Waals surface area contributed by atoms with E-state index in [1.54, 1.807) is 11.6 Å². The second-order valence-electron chi connectivity index (χ2n) is 2.77. The largest absolute Gasteiger partial charge is 0.449 e. The lowest BCUT2D eigenvalue weighted by molar-refractivity contribution is 0.159. The first kappa shape index (κ1) is 13.5. The first-order valence-corrected chi connectivity index (χ1v) is 6.39. The number of amides is 1. The maximum absolute atomic E-state index is 11.4. The minimum atomic E-state index is -4.07. The molecule has 0 saturated carbocycles. The molecule has 0 aromatic carbocycles. The number of ether oxygens (including phenoxy) is 1. The van der Waals surface area contributed by atoms with Crippen molar-refractivity contribution in [3.63, 3.8) is 0 Å². The van der Waals surface area contributed by atoms with Crippen molar-refractivity contribution in [3.05, 3.63) is 23.4 Å². The lowest BCUT2D eigenvalue weighted by atomic mass is 10.5. The molecule has 0 radical (unpaired) electrons. The van der Waals surface area contributed by atoms with Gasteiger partial charge in [-0.05, 0) is 19.1 Å². The number of nitrogens with zero attached hydrogens (tertiary/aromatic N) is 1. The van der Waals surface area contributed by atoms with Gasteiger partial charge in [-0.2, -0.15) is 8.42 Å². The number of hydrogen-bond donors (Lipinski definition) is 2. The molecule has 17 heavy (non-hydrogen) atoms. The van der Waals surface area contributed by atoms with E-state index >= 15 is 0 Å². The molecule has 1 rings (SSSR count). The van der Waals surface area contributed by atoms with Gasteiger partial charge in [0.25, 0.3) is 0 Å². The summed E-state index contributed by atoms with van der Waals surface area (Å²) in [6, 6.07) is 4.38. The highest BCUT2D eigenvalue weighted by molar-refractivity contribution is 7.91. The van der Waals surface area contributed by atoms with Crippen molar-refractivity contribution in [1.29, 1.82) is 0 Å². The van der Waals surface area contributed by atoms with Crippen molar-refractivity contribution in [3.8, 4) is 0 Å². The quantitative estimate of drug-likeness (QED) is 0.806. The number of nitrogens with one attached hydrogen (secondary N) is 2. The smallest absolute Gasteiger partial charge is 0.422 e. The Hall–Kier alpha value is -1.54. The molecule has 0 unspecified atom stereocenters. The molecule has 9 heteroatoms. The third-order valence-electron chi connectivity index (χ3n) is 1.45. The van der Waals surface area contributed by atoms with Gasteiger partial charge < -0.3 is 4.74 Å². The fourth-order valence-electron chi connectivity index (χ4n) is 0.899.